The van der Waals surface area contributed by atoms with Gasteiger partial charge in [-0.1, -0.05) is 30.7 Å². The third kappa shape index (κ3) is 3.08. The van der Waals surface area contributed by atoms with E-state index in [9.17, 15) is 0 Å². The van der Waals surface area contributed by atoms with Crippen LogP contribution in [0.4, 0.5) is 0 Å². The molecule has 0 radical (unpaired) electrons. The van der Waals surface area contributed by atoms with Crippen LogP contribution in [0.15, 0.2) is 24.3 Å². The largest absolute Gasteiger partial charge is 0.323 e. The van der Waals surface area contributed by atoms with Crippen molar-refractivity contribution in [3.8, 4) is 0 Å². The average molecular weight is 232 g/mol. The number of hydrogen-bond donors (Lipinski definition) is 1. The number of piperidine rings is 1. The molecule has 2 unspecified atom stereocenters. The van der Waals surface area contributed by atoms with E-state index in [1.165, 1.54) is 36.9 Å². The Morgan fingerprint density at radius 3 is 2.82 bits per heavy atom. The number of likely N-dealkylation sites (tertiary alicyclic amines) is 1. The first-order valence-electron chi connectivity index (χ1n) is 6.73. The normalized spacial score (nSPS) is 23.6. The van der Waals surface area contributed by atoms with Gasteiger partial charge in [-0.15, -0.1) is 0 Å². The molecule has 0 aliphatic carbocycles. The summed E-state index contributed by atoms with van der Waals surface area (Å²) >= 11 is 0. The Hall–Kier alpha value is -0.860. The van der Waals surface area contributed by atoms with Crippen LogP contribution in [0.2, 0.25) is 0 Å². The molecule has 1 fully saturated rings. The quantitative estimate of drug-likeness (QED) is 0.868. The van der Waals surface area contributed by atoms with Gasteiger partial charge in [-0.3, -0.25) is 4.90 Å². The molecule has 2 nitrogen and oxygen atoms in total. The monoisotopic (exact) mass is 232 g/mol. The van der Waals surface area contributed by atoms with Crippen molar-refractivity contribution in [2.24, 2.45) is 5.73 Å². The van der Waals surface area contributed by atoms with Crippen LogP contribution in [0.3, 0.4) is 0 Å². The standard InChI is InChI=1S/C15H24N2/c1-12-7-3-4-9-14(12)15(16)11-17-10-6-5-8-13(17)2/h3-4,7,9,13,15H,5-6,8,10-11,16H2,1-2H3. The third-order valence-corrected chi connectivity index (χ3v) is 3.96. The lowest BCUT2D eigenvalue weighted by atomic mass is 9.98. The van der Waals surface area contributed by atoms with Crippen molar-refractivity contribution in [2.75, 3.05) is 13.1 Å². The molecule has 94 valence electrons. The fourth-order valence-electron chi connectivity index (χ4n) is 2.78. The lowest BCUT2D eigenvalue weighted by Gasteiger charge is -2.35. The molecule has 1 aromatic rings. The molecule has 2 rings (SSSR count). The number of benzene rings is 1. The maximum absolute atomic E-state index is 6.35. The average Bonchev–Trinajstić information content (AvgIpc) is 2.32. The van der Waals surface area contributed by atoms with Crippen LogP contribution in [-0.4, -0.2) is 24.0 Å². The number of rotatable bonds is 3. The van der Waals surface area contributed by atoms with Gasteiger partial charge in [-0.05, 0) is 44.4 Å². The highest BCUT2D eigenvalue weighted by atomic mass is 15.2. The molecule has 1 aliphatic heterocycles. The van der Waals surface area contributed by atoms with Gasteiger partial charge in [-0.25, -0.2) is 0 Å². The molecular weight excluding hydrogens is 208 g/mol. The van der Waals surface area contributed by atoms with Gasteiger partial charge in [0.2, 0.25) is 0 Å². The predicted molar refractivity (Wildman–Crippen MR) is 73.0 cm³/mol. The van der Waals surface area contributed by atoms with Gasteiger partial charge in [0, 0.05) is 18.6 Å². The van der Waals surface area contributed by atoms with E-state index in [1.54, 1.807) is 0 Å². The first kappa shape index (κ1) is 12.6. The molecule has 1 saturated heterocycles. The minimum absolute atomic E-state index is 0.150. The predicted octanol–water partition coefficient (Wildman–Crippen LogP) is 2.87. The highest BCUT2D eigenvalue weighted by Gasteiger charge is 2.21. The second-order valence-corrected chi connectivity index (χ2v) is 5.30. The van der Waals surface area contributed by atoms with Crippen LogP contribution in [0, 0.1) is 6.92 Å². The molecule has 1 heterocycles. The summed E-state index contributed by atoms with van der Waals surface area (Å²) in [6, 6.07) is 9.32. The fraction of sp³-hybridized carbons (Fsp3) is 0.600. The topological polar surface area (TPSA) is 29.3 Å². The highest BCUT2D eigenvalue weighted by molar-refractivity contribution is 5.28. The first-order valence-corrected chi connectivity index (χ1v) is 6.73. The summed E-state index contributed by atoms with van der Waals surface area (Å²) in [7, 11) is 0. The van der Waals surface area contributed by atoms with Crippen molar-refractivity contribution < 1.29 is 0 Å². The van der Waals surface area contributed by atoms with Gasteiger partial charge in [-0.2, -0.15) is 0 Å². The molecule has 0 amide bonds. The van der Waals surface area contributed by atoms with Crippen molar-refractivity contribution in [1.82, 2.24) is 4.90 Å². The minimum Gasteiger partial charge on any atom is -0.323 e. The van der Waals surface area contributed by atoms with E-state index in [-0.39, 0.29) is 6.04 Å². The smallest absolute Gasteiger partial charge is 0.0427 e. The van der Waals surface area contributed by atoms with Crippen LogP contribution >= 0.6 is 0 Å². The molecule has 2 N–H and O–H groups in total. The van der Waals surface area contributed by atoms with Crippen molar-refractivity contribution in [3.05, 3.63) is 35.4 Å². The SMILES string of the molecule is Cc1ccccc1C(N)CN1CCCCC1C. The maximum Gasteiger partial charge on any atom is 0.0427 e. The molecule has 1 aliphatic rings. The van der Waals surface area contributed by atoms with E-state index in [0.717, 1.165) is 6.54 Å². The second-order valence-electron chi connectivity index (χ2n) is 5.30. The van der Waals surface area contributed by atoms with Gasteiger partial charge in [0.15, 0.2) is 0 Å². The Balaban J connectivity index is 2.01. The zero-order valence-electron chi connectivity index (χ0n) is 11.0. The molecule has 0 spiro atoms. The van der Waals surface area contributed by atoms with Gasteiger partial charge in [0.1, 0.15) is 0 Å². The molecule has 0 saturated carbocycles. The Labute approximate surface area is 105 Å². The van der Waals surface area contributed by atoms with Crippen LogP contribution in [0.25, 0.3) is 0 Å². The molecule has 2 atom stereocenters. The van der Waals surface area contributed by atoms with Gasteiger partial charge < -0.3 is 5.73 Å². The summed E-state index contributed by atoms with van der Waals surface area (Å²) in [4.78, 5) is 2.54. The lowest BCUT2D eigenvalue weighted by molar-refractivity contribution is 0.151. The molecule has 17 heavy (non-hydrogen) atoms. The minimum atomic E-state index is 0.150. The van der Waals surface area contributed by atoms with Gasteiger partial charge in [0.05, 0.1) is 0 Å². The van der Waals surface area contributed by atoms with Crippen LogP contribution < -0.4 is 5.73 Å². The van der Waals surface area contributed by atoms with E-state index in [0.29, 0.717) is 6.04 Å². The van der Waals surface area contributed by atoms with Crippen molar-refractivity contribution in [2.45, 2.75) is 45.2 Å². The maximum atomic E-state index is 6.35. The number of aryl methyl sites for hydroxylation is 1. The van der Waals surface area contributed by atoms with Crippen LogP contribution in [-0.2, 0) is 0 Å². The molecule has 0 aromatic heterocycles. The Kier molecular flexibility index (Phi) is 4.19. The summed E-state index contributed by atoms with van der Waals surface area (Å²) in [5.41, 5.74) is 8.95. The molecule has 1 aromatic carbocycles. The van der Waals surface area contributed by atoms with Gasteiger partial charge in [0.25, 0.3) is 0 Å². The highest BCUT2D eigenvalue weighted by Crippen LogP contribution is 2.21. The van der Waals surface area contributed by atoms with E-state index >= 15 is 0 Å². The Morgan fingerprint density at radius 2 is 2.12 bits per heavy atom. The van der Waals surface area contributed by atoms with Crippen molar-refractivity contribution >= 4 is 0 Å². The summed E-state index contributed by atoms with van der Waals surface area (Å²) in [5, 5.41) is 0. The van der Waals surface area contributed by atoms with E-state index in [2.05, 4.69) is 43.0 Å². The zero-order valence-corrected chi connectivity index (χ0v) is 11.0. The summed E-state index contributed by atoms with van der Waals surface area (Å²) in [6.45, 7) is 6.67. The van der Waals surface area contributed by atoms with E-state index in [4.69, 9.17) is 5.73 Å². The number of nitrogens with zero attached hydrogens (tertiary/aromatic N) is 1. The summed E-state index contributed by atoms with van der Waals surface area (Å²) < 4.78 is 0. The zero-order chi connectivity index (χ0) is 12.3. The Morgan fingerprint density at radius 1 is 1.35 bits per heavy atom. The van der Waals surface area contributed by atoms with Crippen molar-refractivity contribution in [3.63, 3.8) is 0 Å². The molecular formula is C15H24N2. The first-order chi connectivity index (χ1) is 8.18. The van der Waals surface area contributed by atoms with Crippen molar-refractivity contribution in [1.29, 1.82) is 0 Å². The van der Waals surface area contributed by atoms with Crippen LogP contribution in [0.5, 0.6) is 0 Å². The third-order valence-electron chi connectivity index (χ3n) is 3.96. The summed E-state index contributed by atoms with van der Waals surface area (Å²) in [6.07, 6.45) is 4.02. The van der Waals surface area contributed by atoms with E-state index < -0.39 is 0 Å². The summed E-state index contributed by atoms with van der Waals surface area (Å²) in [5.74, 6) is 0. The lowest BCUT2D eigenvalue weighted by Crippen LogP contribution is -2.41. The number of nitrogens with two attached hydrogens (primary N) is 1. The van der Waals surface area contributed by atoms with Crippen LogP contribution in [0.1, 0.15) is 43.4 Å². The molecule has 2 heteroatoms. The number of hydrogen-bond acceptors (Lipinski definition) is 2. The second kappa shape index (κ2) is 5.65. The molecule has 0 bridgehead atoms. The van der Waals surface area contributed by atoms with E-state index in [1.807, 2.05) is 0 Å². The fourth-order valence-corrected chi connectivity index (χ4v) is 2.78. The van der Waals surface area contributed by atoms with Gasteiger partial charge >= 0.3 is 0 Å². The Bertz CT molecular complexity index is 362.